The highest BCUT2D eigenvalue weighted by Gasteiger charge is 2.18. The minimum absolute atomic E-state index is 0.771. The maximum atomic E-state index is 5.94. The zero-order valence-corrected chi connectivity index (χ0v) is 15.7. The van der Waals surface area contributed by atoms with E-state index in [0.29, 0.717) is 0 Å². The van der Waals surface area contributed by atoms with E-state index in [1.54, 1.807) is 11.8 Å². The predicted octanol–water partition coefficient (Wildman–Crippen LogP) is 6.87. The van der Waals surface area contributed by atoms with Crippen molar-refractivity contribution in [3.8, 4) is 0 Å². The van der Waals surface area contributed by atoms with Crippen molar-refractivity contribution in [3.63, 3.8) is 0 Å². The summed E-state index contributed by atoms with van der Waals surface area (Å²) in [7, 11) is 0. The molecule has 3 heteroatoms. The molecule has 0 aliphatic carbocycles. The largest absolute Gasteiger partial charge is 0.252 e. The summed E-state index contributed by atoms with van der Waals surface area (Å²) in [6.45, 7) is 12.2. The number of fused-ring (bicyclic) bond motifs is 1. The van der Waals surface area contributed by atoms with E-state index in [0.717, 1.165) is 39.6 Å². The SMILES string of the molecule is C=C(C)/C(=C\C/C=C(\C)Cl)C1=NC(C)=C(C)Sc2ccccc21. The molecule has 0 atom stereocenters. The minimum atomic E-state index is 0.771. The summed E-state index contributed by atoms with van der Waals surface area (Å²) in [6, 6.07) is 8.41. The Hall–Kier alpha value is -1.51. The van der Waals surface area contributed by atoms with Crippen LogP contribution in [0.1, 0.15) is 39.7 Å². The second-order valence-corrected chi connectivity index (χ2v) is 7.48. The van der Waals surface area contributed by atoms with Crippen LogP contribution in [0.2, 0.25) is 0 Å². The molecule has 0 bridgehead atoms. The van der Waals surface area contributed by atoms with E-state index in [-0.39, 0.29) is 0 Å². The van der Waals surface area contributed by atoms with E-state index in [1.165, 1.54) is 9.80 Å². The van der Waals surface area contributed by atoms with Crippen LogP contribution in [0.5, 0.6) is 0 Å². The van der Waals surface area contributed by atoms with Gasteiger partial charge in [0.05, 0.1) is 5.71 Å². The Morgan fingerprint density at radius 2 is 1.91 bits per heavy atom. The molecule has 0 amide bonds. The number of benzene rings is 1. The molecule has 0 unspecified atom stereocenters. The van der Waals surface area contributed by atoms with E-state index in [9.17, 15) is 0 Å². The van der Waals surface area contributed by atoms with Gasteiger partial charge in [0, 0.05) is 26.1 Å². The van der Waals surface area contributed by atoms with Gasteiger partial charge in [-0.15, -0.1) is 0 Å². The van der Waals surface area contributed by atoms with Gasteiger partial charge in [0.25, 0.3) is 0 Å². The third-order valence-electron chi connectivity index (χ3n) is 3.63. The summed E-state index contributed by atoms with van der Waals surface area (Å²) in [5.41, 5.74) is 5.31. The molecule has 120 valence electrons. The lowest BCUT2D eigenvalue weighted by atomic mass is 9.96. The first kappa shape index (κ1) is 17.8. The van der Waals surface area contributed by atoms with Crippen molar-refractivity contribution in [1.82, 2.24) is 0 Å². The number of rotatable bonds is 4. The van der Waals surface area contributed by atoms with Gasteiger partial charge in [-0.05, 0) is 51.3 Å². The molecule has 1 heterocycles. The number of nitrogens with zero attached hydrogens (tertiary/aromatic N) is 1. The highest BCUT2D eigenvalue weighted by Crippen LogP contribution is 2.36. The molecule has 0 N–H and O–H groups in total. The molecule has 1 aromatic carbocycles. The summed E-state index contributed by atoms with van der Waals surface area (Å²) in [5, 5.41) is 0.799. The number of hydrogen-bond donors (Lipinski definition) is 0. The fourth-order valence-corrected chi connectivity index (χ4v) is 3.35. The van der Waals surface area contributed by atoms with Crippen LogP contribution in [-0.4, -0.2) is 5.71 Å². The van der Waals surface area contributed by atoms with Crippen LogP contribution in [0, 0.1) is 0 Å². The van der Waals surface area contributed by atoms with Crippen molar-refractivity contribution in [2.75, 3.05) is 0 Å². The molecule has 1 aliphatic rings. The third-order valence-corrected chi connectivity index (χ3v) is 4.96. The van der Waals surface area contributed by atoms with Crippen molar-refractivity contribution in [2.24, 2.45) is 4.99 Å². The first-order chi connectivity index (χ1) is 10.9. The Kier molecular flexibility index (Phi) is 6.09. The van der Waals surface area contributed by atoms with Crippen molar-refractivity contribution in [2.45, 2.75) is 39.0 Å². The van der Waals surface area contributed by atoms with Crippen LogP contribution in [0.15, 0.2) is 79.7 Å². The molecular weight excluding hydrogens is 322 g/mol. The molecule has 0 saturated carbocycles. The van der Waals surface area contributed by atoms with E-state index in [2.05, 4.69) is 50.8 Å². The lowest BCUT2D eigenvalue weighted by Crippen LogP contribution is -2.07. The monoisotopic (exact) mass is 343 g/mol. The fourth-order valence-electron chi connectivity index (χ4n) is 2.31. The smallest absolute Gasteiger partial charge is 0.0788 e. The van der Waals surface area contributed by atoms with Crippen LogP contribution in [0.25, 0.3) is 0 Å². The highest BCUT2D eigenvalue weighted by molar-refractivity contribution is 8.03. The summed E-state index contributed by atoms with van der Waals surface area (Å²) in [5.74, 6) is 0. The second kappa shape index (κ2) is 7.85. The molecular formula is C20H22ClNS. The predicted molar refractivity (Wildman–Crippen MR) is 104 cm³/mol. The normalized spacial score (nSPS) is 16.0. The maximum Gasteiger partial charge on any atom is 0.0788 e. The number of thioether (sulfide) groups is 1. The Morgan fingerprint density at radius 3 is 2.57 bits per heavy atom. The second-order valence-electron chi connectivity index (χ2n) is 5.62. The summed E-state index contributed by atoms with van der Waals surface area (Å²) in [4.78, 5) is 7.37. The number of hydrogen-bond acceptors (Lipinski definition) is 2. The van der Waals surface area contributed by atoms with Crippen molar-refractivity contribution in [1.29, 1.82) is 0 Å². The molecule has 23 heavy (non-hydrogen) atoms. The first-order valence-corrected chi connectivity index (χ1v) is 8.81. The molecule has 0 fully saturated rings. The Morgan fingerprint density at radius 1 is 1.22 bits per heavy atom. The summed E-state index contributed by atoms with van der Waals surface area (Å²) >= 11 is 7.72. The summed E-state index contributed by atoms with van der Waals surface area (Å²) < 4.78 is 0. The topological polar surface area (TPSA) is 12.4 Å². The zero-order chi connectivity index (χ0) is 17.0. The molecule has 0 saturated heterocycles. The molecule has 0 radical (unpaired) electrons. The van der Waals surface area contributed by atoms with E-state index in [4.69, 9.17) is 16.6 Å². The van der Waals surface area contributed by atoms with Crippen molar-refractivity contribution >= 4 is 29.1 Å². The van der Waals surface area contributed by atoms with Gasteiger partial charge in [0.1, 0.15) is 0 Å². The molecule has 1 aromatic rings. The maximum absolute atomic E-state index is 5.94. The van der Waals surface area contributed by atoms with Crippen LogP contribution < -0.4 is 0 Å². The first-order valence-electron chi connectivity index (χ1n) is 7.62. The standard InChI is InChI=1S/C20H22ClNS/c1-13(2)17(11-8-9-14(3)21)20-18-10-6-7-12-19(18)23-16(5)15(4)22-20/h6-7,9-12H,1,8H2,2-5H3/b14-9+,17-11+. The molecule has 0 aromatic heterocycles. The zero-order valence-electron chi connectivity index (χ0n) is 14.1. The van der Waals surface area contributed by atoms with Gasteiger partial charge in [-0.25, -0.2) is 0 Å². The van der Waals surface area contributed by atoms with Crippen LogP contribution >= 0.6 is 23.4 Å². The number of allylic oxidation sites excluding steroid dienone is 7. The quantitative estimate of drug-likeness (QED) is 0.543. The Balaban J connectivity index is 2.59. The Labute approximate surface area is 148 Å². The van der Waals surface area contributed by atoms with Gasteiger partial charge in [0.15, 0.2) is 0 Å². The van der Waals surface area contributed by atoms with Crippen LogP contribution in [0.4, 0.5) is 0 Å². The lowest BCUT2D eigenvalue weighted by Gasteiger charge is -2.13. The van der Waals surface area contributed by atoms with Crippen LogP contribution in [0.3, 0.4) is 0 Å². The van der Waals surface area contributed by atoms with Crippen molar-refractivity contribution in [3.05, 3.63) is 75.3 Å². The van der Waals surface area contributed by atoms with Gasteiger partial charge in [-0.1, -0.05) is 60.3 Å². The van der Waals surface area contributed by atoms with Gasteiger partial charge in [0.2, 0.25) is 0 Å². The van der Waals surface area contributed by atoms with Gasteiger partial charge >= 0.3 is 0 Å². The summed E-state index contributed by atoms with van der Waals surface area (Å²) in [6.07, 6.45) is 4.92. The molecule has 0 spiro atoms. The van der Waals surface area contributed by atoms with Gasteiger partial charge < -0.3 is 0 Å². The van der Waals surface area contributed by atoms with Crippen LogP contribution in [-0.2, 0) is 0 Å². The minimum Gasteiger partial charge on any atom is -0.252 e. The highest BCUT2D eigenvalue weighted by atomic mass is 35.5. The van der Waals surface area contributed by atoms with E-state index in [1.807, 2.05) is 19.9 Å². The molecule has 2 rings (SSSR count). The number of halogens is 1. The fraction of sp³-hybridized carbons (Fsp3) is 0.250. The average molecular weight is 344 g/mol. The van der Waals surface area contributed by atoms with Crippen molar-refractivity contribution < 1.29 is 0 Å². The lowest BCUT2D eigenvalue weighted by molar-refractivity contribution is 1.25. The third kappa shape index (κ3) is 4.49. The Bertz CT molecular complexity index is 747. The van der Waals surface area contributed by atoms with Gasteiger partial charge in [-0.3, -0.25) is 4.99 Å². The van der Waals surface area contributed by atoms with E-state index < -0.39 is 0 Å². The number of aliphatic imine (C=N–C) groups is 1. The average Bonchev–Trinajstić information content (AvgIpc) is 2.61. The molecule has 1 aliphatic heterocycles. The van der Waals surface area contributed by atoms with Gasteiger partial charge in [-0.2, -0.15) is 0 Å². The van der Waals surface area contributed by atoms with E-state index >= 15 is 0 Å². The molecule has 1 nitrogen and oxygen atoms in total.